The molecule has 10 N–H and O–H groups in total. The van der Waals surface area contributed by atoms with Crippen molar-refractivity contribution in [1.82, 2.24) is 16.0 Å². The second-order valence-electron chi connectivity index (χ2n) is 6.70. The average molecular weight is 480 g/mol. The Morgan fingerprint density at radius 1 is 0.875 bits per heavy atom. The van der Waals surface area contributed by atoms with Crippen LogP contribution < -0.4 is 27.4 Å². The van der Waals surface area contributed by atoms with Gasteiger partial charge in [-0.2, -0.15) is 11.8 Å². The number of aliphatic hydroxyl groups is 1. The normalized spacial score (nSPS) is 14.3. The fraction of sp³-hybridized carbons (Fsp3) is 0.647. The third kappa shape index (κ3) is 11.5. The van der Waals surface area contributed by atoms with Gasteiger partial charge in [-0.25, -0.2) is 4.79 Å². The molecule has 0 aromatic rings. The highest BCUT2D eigenvalue weighted by Gasteiger charge is 2.30. The summed E-state index contributed by atoms with van der Waals surface area (Å²) >= 11 is 1.46. The van der Waals surface area contributed by atoms with Crippen LogP contribution in [0.2, 0.25) is 0 Å². The summed E-state index contributed by atoms with van der Waals surface area (Å²) in [5.74, 6) is -6.12. The van der Waals surface area contributed by atoms with Crippen molar-refractivity contribution >= 4 is 47.3 Å². The summed E-state index contributed by atoms with van der Waals surface area (Å²) in [7, 11) is 0. The van der Waals surface area contributed by atoms with Crippen LogP contribution in [0, 0.1) is 0 Å². The lowest BCUT2D eigenvalue weighted by Gasteiger charge is -2.24. The Morgan fingerprint density at radius 3 is 1.88 bits per heavy atom. The van der Waals surface area contributed by atoms with E-state index >= 15 is 0 Å². The highest BCUT2D eigenvalue weighted by Crippen LogP contribution is 2.03. The summed E-state index contributed by atoms with van der Waals surface area (Å²) < 4.78 is 0. The summed E-state index contributed by atoms with van der Waals surface area (Å²) in [6, 6.07) is -5.68. The number of nitrogens with one attached hydrogen (secondary N) is 3. The van der Waals surface area contributed by atoms with Crippen LogP contribution in [0.25, 0.3) is 0 Å². The van der Waals surface area contributed by atoms with Gasteiger partial charge in [-0.05, 0) is 24.9 Å². The zero-order chi connectivity index (χ0) is 24.8. The molecule has 0 aromatic heterocycles. The number of hydrogen-bond donors (Lipinski definition) is 8. The first-order chi connectivity index (χ1) is 14.9. The van der Waals surface area contributed by atoms with Gasteiger partial charge in [-0.1, -0.05) is 0 Å². The Morgan fingerprint density at radius 2 is 1.41 bits per heavy atom. The van der Waals surface area contributed by atoms with E-state index in [1.165, 1.54) is 11.8 Å². The molecule has 4 atom stereocenters. The Bertz CT molecular complexity index is 706. The van der Waals surface area contributed by atoms with Crippen LogP contribution in [0.4, 0.5) is 0 Å². The van der Waals surface area contributed by atoms with Crippen molar-refractivity contribution in [2.24, 2.45) is 11.5 Å². The molecule has 15 heteroatoms. The molecule has 0 rings (SSSR count). The molecule has 32 heavy (non-hydrogen) atoms. The van der Waals surface area contributed by atoms with Crippen LogP contribution in [-0.4, -0.2) is 93.7 Å². The monoisotopic (exact) mass is 479 g/mol. The minimum absolute atomic E-state index is 0.312. The Hall–Kier alpha value is -2.91. The zero-order valence-electron chi connectivity index (χ0n) is 17.4. The Kier molecular flexibility index (Phi) is 13.6. The van der Waals surface area contributed by atoms with Gasteiger partial charge in [0.25, 0.3) is 0 Å². The fourth-order valence-electron chi connectivity index (χ4n) is 2.33. The first-order valence-corrected chi connectivity index (χ1v) is 10.8. The minimum atomic E-state index is -1.70. The summed E-state index contributed by atoms with van der Waals surface area (Å²) in [5, 5.41) is 33.8. The van der Waals surface area contributed by atoms with Crippen molar-refractivity contribution in [3.63, 3.8) is 0 Å². The molecule has 0 aliphatic carbocycles. The molecule has 14 nitrogen and oxygen atoms in total. The van der Waals surface area contributed by atoms with E-state index < -0.39 is 85.6 Å². The van der Waals surface area contributed by atoms with Gasteiger partial charge in [0.05, 0.1) is 19.1 Å². The van der Waals surface area contributed by atoms with Gasteiger partial charge in [0.2, 0.25) is 23.6 Å². The van der Waals surface area contributed by atoms with Crippen LogP contribution in [0.15, 0.2) is 0 Å². The number of nitrogens with two attached hydrogens (primary N) is 2. The smallest absolute Gasteiger partial charge is 0.326 e. The third-order valence-corrected chi connectivity index (χ3v) is 4.73. The molecule has 0 bridgehead atoms. The van der Waals surface area contributed by atoms with E-state index in [2.05, 4.69) is 10.6 Å². The Labute approximate surface area is 187 Å². The lowest BCUT2D eigenvalue weighted by molar-refractivity contribution is -0.144. The molecule has 0 aromatic carbocycles. The molecule has 0 saturated heterocycles. The number of primary amides is 1. The first-order valence-electron chi connectivity index (χ1n) is 9.42. The van der Waals surface area contributed by atoms with Crippen molar-refractivity contribution in [3.8, 4) is 0 Å². The molecule has 0 saturated carbocycles. The Balaban J connectivity index is 5.31. The maximum Gasteiger partial charge on any atom is 0.326 e. The van der Waals surface area contributed by atoms with Crippen LogP contribution in [0.5, 0.6) is 0 Å². The number of rotatable bonds is 16. The first kappa shape index (κ1) is 29.1. The second kappa shape index (κ2) is 15.0. The molecule has 0 spiro atoms. The van der Waals surface area contributed by atoms with Gasteiger partial charge in [-0.15, -0.1) is 0 Å². The molecule has 0 aliphatic heterocycles. The number of amides is 4. The van der Waals surface area contributed by atoms with E-state index in [0.29, 0.717) is 12.2 Å². The molecule has 0 radical (unpaired) electrons. The maximum atomic E-state index is 12.5. The van der Waals surface area contributed by atoms with E-state index in [1.54, 1.807) is 0 Å². The van der Waals surface area contributed by atoms with E-state index in [0.717, 1.165) is 0 Å². The molecule has 0 fully saturated rings. The molecule has 4 amide bonds. The number of carboxylic acid groups (broad SMARTS) is 2. The van der Waals surface area contributed by atoms with Crippen LogP contribution in [0.1, 0.15) is 25.7 Å². The maximum absolute atomic E-state index is 12.5. The summed E-state index contributed by atoms with van der Waals surface area (Å²) in [6.07, 6.45) is 0.392. The second-order valence-corrected chi connectivity index (χ2v) is 7.68. The van der Waals surface area contributed by atoms with Gasteiger partial charge >= 0.3 is 11.9 Å². The number of thioether (sulfide) groups is 1. The average Bonchev–Trinajstić information content (AvgIpc) is 2.71. The standard InChI is InChI=1S/C17H29N5O9S/c1-32-5-4-8(18)14(27)22-11(7-23)16(29)20-9(2-3-13(25)26)15(28)21-10(17(30)31)6-12(19)24/h8-11,23H,2-7,18H2,1H3,(H2,19,24)(H,20,29)(H,21,28)(H,22,27)(H,25,26)(H,30,31). The van der Waals surface area contributed by atoms with Crippen molar-refractivity contribution < 1.29 is 44.1 Å². The molecule has 182 valence electrons. The lowest BCUT2D eigenvalue weighted by Crippen LogP contribution is -2.58. The van der Waals surface area contributed by atoms with Gasteiger partial charge in [0.15, 0.2) is 0 Å². The number of aliphatic hydroxyl groups excluding tert-OH is 1. The SMILES string of the molecule is CSCCC(N)C(=O)NC(CO)C(=O)NC(CCC(=O)O)C(=O)NC(CC(N)=O)C(=O)O. The predicted octanol–water partition coefficient (Wildman–Crippen LogP) is -3.66. The van der Waals surface area contributed by atoms with E-state index in [4.69, 9.17) is 21.7 Å². The number of aliphatic carboxylic acids is 2. The zero-order valence-corrected chi connectivity index (χ0v) is 18.2. The molecule has 0 heterocycles. The highest BCUT2D eigenvalue weighted by atomic mass is 32.2. The fourth-order valence-corrected chi connectivity index (χ4v) is 2.82. The van der Waals surface area contributed by atoms with Gasteiger partial charge in [-0.3, -0.25) is 24.0 Å². The summed E-state index contributed by atoms with van der Waals surface area (Å²) in [6.45, 7) is -0.848. The van der Waals surface area contributed by atoms with Gasteiger partial charge in [0.1, 0.15) is 18.1 Å². The molecule has 4 unspecified atom stereocenters. The van der Waals surface area contributed by atoms with Crippen molar-refractivity contribution in [2.75, 3.05) is 18.6 Å². The predicted molar refractivity (Wildman–Crippen MR) is 112 cm³/mol. The number of carbonyl (C=O) groups is 6. The van der Waals surface area contributed by atoms with Gasteiger partial charge in [0, 0.05) is 6.42 Å². The van der Waals surface area contributed by atoms with Crippen molar-refractivity contribution in [1.29, 1.82) is 0 Å². The van der Waals surface area contributed by atoms with Crippen molar-refractivity contribution in [3.05, 3.63) is 0 Å². The van der Waals surface area contributed by atoms with E-state index in [-0.39, 0.29) is 0 Å². The quantitative estimate of drug-likeness (QED) is 0.107. The summed E-state index contributed by atoms with van der Waals surface area (Å²) in [4.78, 5) is 70.0. The van der Waals surface area contributed by atoms with Gasteiger partial charge < -0.3 is 42.7 Å². The number of carbonyl (C=O) groups excluding carboxylic acids is 4. The van der Waals surface area contributed by atoms with Crippen LogP contribution >= 0.6 is 11.8 Å². The van der Waals surface area contributed by atoms with Crippen LogP contribution in [-0.2, 0) is 28.8 Å². The number of hydrogen-bond acceptors (Lipinski definition) is 9. The number of carboxylic acids is 2. The van der Waals surface area contributed by atoms with Crippen LogP contribution in [0.3, 0.4) is 0 Å². The van der Waals surface area contributed by atoms with E-state index in [9.17, 15) is 33.9 Å². The minimum Gasteiger partial charge on any atom is -0.481 e. The molecule has 0 aliphatic rings. The molecular formula is C17H29N5O9S. The topological polar surface area (TPSA) is 251 Å². The lowest BCUT2D eigenvalue weighted by atomic mass is 10.1. The molecular weight excluding hydrogens is 450 g/mol. The third-order valence-electron chi connectivity index (χ3n) is 4.09. The highest BCUT2D eigenvalue weighted by molar-refractivity contribution is 7.98. The summed E-state index contributed by atoms with van der Waals surface area (Å²) in [5.41, 5.74) is 10.6. The largest absolute Gasteiger partial charge is 0.481 e. The van der Waals surface area contributed by atoms with E-state index in [1.807, 2.05) is 11.6 Å². The van der Waals surface area contributed by atoms with Crippen molar-refractivity contribution in [2.45, 2.75) is 49.9 Å².